The Hall–Kier alpha value is -2.77. The number of amides is 1. The van der Waals surface area contributed by atoms with E-state index < -0.39 is 6.04 Å². The molecule has 5 aromatic rings. The van der Waals surface area contributed by atoms with E-state index in [1.807, 2.05) is 54.7 Å². The third kappa shape index (κ3) is 4.94. The smallest absolute Gasteiger partial charge is 0.237 e. The van der Waals surface area contributed by atoms with E-state index in [1.54, 1.807) is 6.07 Å². The fourth-order valence-electron chi connectivity index (χ4n) is 3.93. The molecule has 0 bridgehead atoms. The van der Waals surface area contributed by atoms with Crippen molar-refractivity contribution >= 4 is 62.3 Å². The molecule has 0 aliphatic rings. The number of hydrogen-bond donors (Lipinski definition) is 3. The average Bonchev–Trinajstić information content (AvgIpc) is 3.51. The Morgan fingerprint density at radius 2 is 1.85 bits per heavy atom. The van der Waals surface area contributed by atoms with Gasteiger partial charge < -0.3 is 14.7 Å². The summed E-state index contributed by atoms with van der Waals surface area (Å²) in [6, 6.07) is 19.2. The average molecular weight is 498 g/mol. The van der Waals surface area contributed by atoms with Crippen LogP contribution in [-0.4, -0.2) is 16.9 Å². The number of aromatic amines is 1. The molecule has 3 heterocycles. The number of para-hydroxylation sites is 2. The summed E-state index contributed by atoms with van der Waals surface area (Å²) in [6.45, 7) is 0.748. The van der Waals surface area contributed by atoms with E-state index in [4.69, 9.17) is 27.6 Å². The van der Waals surface area contributed by atoms with Crippen LogP contribution in [0.2, 0.25) is 8.67 Å². The number of aromatic nitrogens is 1. The Morgan fingerprint density at radius 3 is 2.67 bits per heavy atom. The Kier molecular flexibility index (Phi) is 6.42. The monoisotopic (exact) mass is 497 g/mol. The van der Waals surface area contributed by atoms with Crippen LogP contribution in [0.15, 0.2) is 71.3 Å². The summed E-state index contributed by atoms with van der Waals surface area (Å²) in [5.41, 5.74) is 3.75. The van der Waals surface area contributed by atoms with Gasteiger partial charge in [-0.3, -0.25) is 10.1 Å². The lowest BCUT2D eigenvalue weighted by molar-refractivity contribution is -0.123. The van der Waals surface area contributed by atoms with Crippen molar-refractivity contribution in [2.24, 2.45) is 0 Å². The molecule has 1 amide bonds. The van der Waals surface area contributed by atoms with Crippen molar-refractivity contribution in [3.05, 3.63) is 92.4 Å². The molecule has 0 saturated carbocycles. The van der Waals surface area contributed by atoms with Crippen LogP contribution in [0.3, 0.4) is 0 Å². The molecule has 1 atom stereocenters. The first kappa shape index (κ1) is 22.0. The summed E-state index contributed by atoms with van der Waals surface area (Å²) in [5.74, 6) is 0.662. The number of thiophene rings is 1. The van der Waals surface area contributed by atoms with Gasteiger partial charge in [0.25, 0.3) is 0 Å². The molecule has 168 valence electrons. The number of hydrogen-bond acceptors (Lipinski definition) is 4. The normalized spacial score (nSPS) is 12.4. The second-order valence-corrected chi connectivity index (χ2v) is 10.1. The Morgan fingerprint density at radius 1 is 1.03 bits per heavy atom. The maximum Gasteiger partial charge on any atom is 0.237 e. The highest BCUT2D eigenvalue weighted by atomic mass is 35.5. The van der Waals surface area contributed by atoms with Gasteiger partial charge in [-0.1, -0.05) is 59.6 Å². The molecule has 0 aliphatic heterocycles. The van der Waals surface area contributed by atoms with Gasteiger partial charge in [0.2, 0.25) is 5.91 Å². The van der Waals surface area contributed by atoms with Gasteiger partial charge in [-0.15, -0.1) is 11.3 Å². The van der Waals surface area contributed by atoms with E-state index >= 15 is 0 Å². The van der Waals surface area contributed by atoms with Crippen LogP contribution >= 0.6 is 34.5 Å². The molecule has 0 radical (unpaired) electrons. The van der Waals surface area contributed by atoms with Gasteiger partial charge in [0.1, 0.15) is 11.3 Å². The highest BCUT2D eigenvalue weighted by molar-refractivity contribution is 7.20. The van der Waals surface area contributed by atoms with Gasteiger partial charge in [0.05, 0.1) is 21.3 Å². The Bertz CT molecular complexity index is 1390. The lowest BCUT2D eigenvalue weighted by Gasteiger charge is -2.18. The summed E-state index contributed by atoms with van der Waals surface area (Å²) < 4.78 is 7.11. The number of furan rings is 1. The third-order valence-electron chi connectivity index (χ3n) is 5.60. The second-order valence-electron chi connectivity index (χ2n) is 7.81. The molecule has 0 spiro atoms. The minimum Gasteiger partial charge on any atom is -0.460 e. The van der Waals surface area contributed by atoms with Gasteiger partial charge in [0, 0.05) is 34.6 Å². The first-order chi connectivity index (χ1) is 16.1. The number of halogens is 2. The van der Waals surface area contributed by atoms with E-state index in [1.165, 1.54) is 11.3 Å². The van der Waals surface area contributed by atoms with Gasteiger partial charge >= 0.3 is 0 Å². The van der Waals surface area contributed by atoms with Crippen LogP contribution in [0.1, 0.15) is 16.9 Å². The van der Waals surface area contributed by atoms with Crippen molar-refractivity contribution in [1.82, 2.24) is 15.6 Å². The van der Waals surface area contributed by atoms with Crippen LogP contribution in [0.4, 0.5) is 0 Å². The van der Waals surface area contributed by atoms with Crippen molar-refractivity contribution in [1.29, 1.82) is 0 Å². The van der Waals surface area contributed by atoms with Crippen LogP contribution in [0.5, 0.6) is 0 Å². The molecule has 0 saturated heterocycles. The van der Waals surface area contributed by atoms with E-state index in [9.17, 15) is 4.79 Å². The highest BCUT2D eigenvalue weighted by Gasteiger charge is 2.21. The van der Waals surface area contributed by atoms with E-state index in [-0.39, 0.29) is 5.91 Å². The Balaban J connectivity index is 1.34. The lowest BCUT2D eigenvalue weighted by atomic mass is 10.0. The van der Waals surface area contributed by atoms with Gasteiger partial charge in [-0.25, -0.2) is 0 Å². The minimum atomic E-state index is -0.467. The molecule has 5 rings (SSSR count). The van der Waals surface area contributed by atoms with Crippen LogP contribution in [0.25, 0.3) is 21.9 Å². The maximum atomic E-state index is 13.2. The summed E-state index contributed by atoms with van der Waals surface area (Å²) in [7, 11) is 0. The molecule has 1 unspecified atom stereocenters. The molecule has 3 aromatic heterocycles. The van der Waals surface area contributed by atoms with E-state index in [0.29, 0.717) is 28.2 Å². The summed E-state index contributed by atoms with van der Waals surface area (Å²) in [4.78, 5) is 16.5. The first-order valence-electron chi connectivity index (χ1n) is 10.5. The first-order valence-corrected chi connectivity index (χ1v) is 12.1. The molecular weight excluding hydrogens is 477 g/mol. The number of carbonyl (C=O) groups excluding carboxylic acids is 1. The zero-order valence-corrected chi connectivity index (χ0v) is 19.9. The van der Waals surface area contributed by atoms with Crippen LogP contribution in [0, 0.1) is 0 Å². The topological polar surface area (TPSA) is 70.1 Å². The van der Waals surface area contributed by atoms with E-state index in [2.05, 4.69) is 21.7 Å². The third-order valence-corrected chi connectivity index (χ3v) is 7.16. The SMILES string of the molecule is O=C(NCc1cc(Cl)sc1Cl)C(Cc1c[nH]c2ccccc12)NCc1cc2ccccc2o1. The lowest BCUT2D eigenvalue weighted by Crippen LogP contribution is -2.45. The largest absolute Gasteiger partial charge is 0.460 e. The number of fused-ring (bicyclic) bond motifs is 2. The van der Waals surface area contributed by atoms with Gasteiger partial charge in [-0.2, -0.15) is 0 Å². The molecule has 5 nitrogen and oxygen atoms in total. The van der Waals surface area contributed by atoms with Crippen molar-refractivity contribution in [3.8, 4) is 0 Å². The molecule has 0 aliphatic carbocycles. The quantitative estimate of drug-likeness (QED) is 0.235. The van der Waals surface area contributed by atoms with Crippen molar-refractivity contribution < 1.29 is 9.21 Å². The molecule has 3 N–H and O–H groups in total. The van der Waals surface area contributed by atoms with Crippen LogP contribution in [-0.2, 0) is 24.3 Å². The molecule has 0 fully saturated rings. The number of nitrogens with one attached hydrogen (secondary N) is 3. The van der Waals surface area contributed by atoms with Crippen molar-refractivity contribution in [2.45, 2.75) is 25.6 Å². The number of rotatable bonds is 8. The maximum absolute atomic E-state index is 13.2. The highest BCUT2D eigenvalue weighted by Crippen LogP contribution is 2.31. The molecule has 33 heavy (non-hydrogen) atoms. The minimum absolute atomic E-state index is 0.116. The second kappa shape index (κ2) is 9.61. The van der Waals surface area contributed by atoms with Crippen LogP contribution < -0.4 is 10.6 Å². The zero-order valence-electron chi connectivity index (χ0n) is 17.5. The van der Waals surface area contributed by atoms with Crippen molar-refractivity contribution in [2.75, 3.05) is 0 Å². The zero-order chi connectivity index (χ0) is 22.8. The fraction of sp³-hybridized carbons (Fsp3) is 0.160. The van der Waals surface area contributed by atoms with Crippen molar-refractivity contribution in [3.63, 3.8) is 0 Å². The standard InChI is InChI=1S/C25H21Cl2N3O2S/c26-23-11-17(24(27)33-23)13-30-25(31)21(10-16-12-28-20-7-3-2-6-19(16)20)29-14-18-9-15-5-1-4-8-22(15)32-18/h1-9,11-12,21,28-29H,10,13-14H2,(H,30,31). The fourth-order valence-corrected chi connectivity index (χ4v) is 5.41. The summed E-state index contributed by atoms with van der Waals surface area (Å²) in [6.07, 6.45) is 2.48. The molecule has 8 heteroatoms. The molecule has 2 aromatic carbocycles. The van der Waals surface area contributed by atoms with Gasteiger partial charge in [0.15, 0.2) is 0 Å². The van der Waals surface area contributed by atoms with Gasteiger partial charge in [-0.05, 0) is 36.2 Å². The number of carbonyl (C=O) groups is 1. The summed E-state index contributed by atoms with van der Waals surface area (Å²) in [5, 5.41) is 8.52. The predicted molar refractivity (Wildman–Crippen MR) is 135 cm³/mol. The predicted octanol–water partition coefficient (Wildman–Crippen LogP) is 6.30. The number of H-pyrrole nitrogens is 1. The Labute approximate surface area is 204 Å². The number of benzene rings is 2. The van der Waals surface area contributed by atoms with E-state index in [0.717, 1.165) is 38.8 Å². The summed E-state index contributed by atoms with van der Waals surface area (Å²) >= 11 is 13.6. The molecular formula is C25H21Cl2N3O2S.